The molecule has 0 fully saturated rings. The monoisotopic (exact) mass is 303 g/mol. The van der Waals surface area contributed by atoms with Gasteiger partial charge < -0.3 is 16.2 Å². The summed E-state index contributed by atoms with van der Waals surface area (Å²) in [4.78, 5) is 20.4. The molecule has 1 unspecified atom stereocenters. The van der Waals surface area contributed by atoms with Crippen LogP contribution in [0.4, 0.5) is 11.4 Å². The highest BCUT2D eigenvalue weighted by Crippen LogP contribution is 2.31. The lowest BCUT2D eigenvalue weighted by atomic mass is 10.2. The lowest BCUT2D eigenvalue weighted by Gasteiger charge is -2.11. The van der Waals surface area contributed by atoms with Gasteiger partial charge in [0.25, 0.3) is 0 Å². The number of hydrogen-bond donors (Lipinski definition) is 3. The summed E-state index contributed by atoms with van der Waals surface area (Å²) < 4.78 is 23.0. The molecule has 1 rings (SSSR count). The van der Waals surface area contributed by atoms with Crippen LogP contribution in [0.3, 0.4) is 0 Å². The van der Waals surface area contributed by atoms with Crippen LogP contribution in [0.25, 0.3) is 0 Å². The average molecular weight is 303 g/mol. The number of rotatable bonds is 6. The van der Waals surface area contributed by atoms with Crippen molar-refractivity contribution in [3.8, 4) is 0 Å². The topological polar surface area (TPSA) is 153 Å². The molecule has 9 nitrogen and oxygen atoms in total. The lowest BCUT2D eigenvalue weighted by Crippen LogP contribution is -2.34. The molecule has 1 aromatic carbocycles. The Bertz CT molecular complexity index is 642. The Morgan fingerprint density at radius 1 is 1.55 bits per heavy atom. The number of benzene rings is 1. The molecule has 0 aromatic heterocycles. The van der Waals surface area contributed by atoms with E-state index in [0.29, 0.717) is 0 Å². The van der Waals surface area contributed by atoms with E-state index in [-0.39, 0.29) is 12.2 Å². The van der Waals surface area contributed by atoms with Crippen LogP contribution in [-0.4, -0.2) is 43.3 Å². The summed E-state index contributed by atoms with van der Waals surface area (Å²) in [6, 6.07) is 3.67. The molecular formula is C10H13N3O6S. The van der Waals surface area contributed by atoms with E-state index >= 15 is 0 Å². The summed E-state index contributed by atoms with van der Waals surface area (Å²) in [7, 11) is -3.79. The van der Waals surface area contributed by atoms with Crippen LogP contribution in [0.5, 0.6) is 0 Å². The molecule has 0 heterocycles. The predicted molar refractivity (Wildman–Crippen MR) is 69.9 cm³/mol. The minimum Gasteiger partial charge on any atom is -0.381 e. The first-order valence-electron chi connectivity index (χ1n) is 5.33. The second-order valence-electron chi connectivity index (χ2n) is 3.98. The number of aliphatic hydroxyl groups is 1. The number of para-hydroxylation sites is 1. The summed E-state index contributed by atoms with van der Waals surface area (Å²) in [6.45, 7) is -0.372. The van der Waals surface area contributed by atoms with Gasteiger partial charge in [0, 0.05) is 6.26 Å². The number of primary amides is 1. The van der Waals surface area contributed by atoms with Crippen molar-refractivity contribution in [3.63, 3.8) is 0 Å². The number of nitro groups is 1. The van der Waals surface area contributed by atoms with E-state index < -0.39 is 37.4 Å². The Labute approximate surface area is 114 Å². The van der Waals surface area contributed by atoms with Crippen molar-refractivity contribution in [1.82, 2.24) is 0 Å². The number of nitrogens with two attached hydrogens (primary N) is 1. The van der Waals surface area contributed by atoms with Gasteiger partial charge in [0.15, 0.2) is 9.84 Å². The van der Waals surface area contributed by atoms with Crippen LogP contribution in [0.2, 0.25) is 0 Å². The number of sulfone groups is 1. The Kier molecular flexibility index (Phi) is 4.63. The van der Waals surface area contributed by atoms with E-state index in [4.69, 9.17) is 5.73 Å². The molecule has 0 aliphatic rings. The fraction of sp³-hybridized carbons (Fsp3) is 0.300. The number of aliphatic hydroxyl groups excluding tert-OH is 1. The van der Waals surface area contributed by atoms with Gasteiger partial charge >= 0.3 is 5.69 Å². The van der Waals surface area contributed by atoms with Gasteiger partial charge in [-0.2, -0.15) is 0 Å². The van der Waals surface area contributed by atoms with Gasteiger partial charge in [-0.25, -0.2) is 8.42 Å². The van der Waals surface area contributed by atoms with Crippen LogP contribution in [0.15, 0.2) is 23.1 Å². The number of nitrogens with one attached hydrogen (secondary N) is 1. The summed E-state index contributed by atoms with van der Waals surface area (Å²) in [5.41, 5.74) is 4.07. The van der Waals surface area contributed by atoms with Gasteiger partial charge in [-0.15, -0.1) is 0 Å². The van der Waals surface area contributed by atoms with Crippen molar-refractivity contribution >= 4 is 27.1 Å². The molecule has 0 aliphatic heterocycles. The van der Waals surface area contributed by atoms with Crippen LogP contribution in [0, 0.1) is 10.1 Å². The second kappa shape index (κ2) is 5.84. The van der Waals surface area contributed by atoms with Gasteiger partial charge in [-0.05, 0) is 12.1 Å². The number of amides is 1. The molecule has 1 aromatic rings. The minimum absolute atomic E-state index is 0.127. The molecule has 0 radical (unpaired) electrons. The van der Waals surface area contributed by atoms with Crippen LogP contribution in [0.1, 0.15) is 0 Å². The summed E-state index contributed by atoms with van der Waals surface area (Å²) >= 11 is 0. The zero-order chi connectivity index (χ0) is 15.5. The average Bonchev–Trinajstić information content (AvgIpc) is 2.33. The largest absolute Gasteiger partial charge is 0.381 e. The van der Waals surface area contributed by atoms with E-state index in [9.17, 15) is 28.4 Å². The molecule has 0 saturated heterocycles. The van der Waals surface area contributed by atoms with E-state index in [1.54, 1.807) is 0 Å². The predicted octanol–water partition coefficient (Wildman–Crippen LogP) is -0.744. The zero-order valence-electron chi connectivity index (χ0n) is 10.4. The molecule has 1 atom stereocenters. The quantitative estimate of drug-likeness (QED) is 0.462. The molecule has 1 amide bonds. The Balaban J connectivity index is 3.21. The van der Waals surface area contributed by atoms with Crippen LogP contribution < -0.4 is 11.1 Å². The number of carbonyl (C=O) groups excluding carboxylic acids is 1. The second-order valence-corrected chi connectivity index (χ2v) is 5.96. The highest BCUT2D eigenvalue weighted by Gasteiger charge is 2.26. The van der Waals surface area contributed by atoms with Gasteiger partial charge in [0.1, 0.15) is 16.7 Å². The van der Waals surface area contributed by atoms with Crippen LogP contribution >= 0.6 is 0 Å². The molecule has 110 valence electrons. The molecule has 0 bridgehead atoms. The highest BCUT2D eigenvalue weighted by molar-refractivity contribution is 7.90. The Hall–Kier alpha value is -2.20. The maximum absolute atomic E-state index is 11.5. The third-order valence-corrected chi connectivity index (χ3v) is 3.52. The van der Waals surface area contributed by atoms with E-state index in [0.717, 1.165) is 12.3 Å². The fourth-order valence-electron chi connectivity index (χ4n) is 1.46. The summed E-state index contributed by atoms with van der Waals surface area (Å²) in [6.07, 6.45) is -0.700. The maximum atomic E-state index is 11.5. The molecule has 10 heteroatoms. The first-order valence-corrected chi connectivity index (χ1v) is 7.22. The summed E-state index contributed by atoms with van der Waals surface area (Å²) in [5, 5.41) is 22.7. The van der Waals surface area contributed by atoms with Crippen molar-refractivity contribution in [2.45, 2.75) is 11.0 Å². The minimum atomic E-state index is -3.79. The van der Waals surface area contributed by atoms with Crippen molar-refractivity contribution in [2.24, 2.45) is 5.73 Å². The molecule has 0 saturated carbocycles. The van der Waals surface area contributed by atoms with Crippen molar-refractivity contribution in [1.29, 1.82) is 0 Å². The first-order chi connectivity index (χ1) is 9.14. The SMILES string of the molecule is CS(=O)(=O)c1cccc(NCC(O)C(N)=O)c1[N+](=O)[O-]. The third kappa shape index (κ3) is 3.65. The van der Waals surface area contributed by atoms with Gasteiger partial charge in [-0.1, -0.05) is 6.07 Å². The van der Waals surface area contributed by atoms with Crippen LogP contribution in [-0.2, 0) is 14.6 Å². The molecule has 4 N–H and O–H groups in total. The Morgan fingerprint density at radius 3 is 2.60 bits per heavy atom. The number of nitrogens with zero attached hydrogens (tertiary/aromatic N) is 1. The van der Waals surface area contributed by atoms with Crippen molar-refractivity contribution in [3.05, 3.63) is 28.3 Å². The number of hydrogen-bond acceptors (Lipinski definition) is 7. The zero-order valence-corrected chi connectivity index (χ0v) is 11.3. The van der Waals surface area contributed by atoms with Gasteiger partial charge in [0.05, 0.1) is 11.5 Å². The number of anilines is 1. The van der Waals surface area contributed by atoms with E-state index in [1.165, 1.54) is 12.1 Å². The standard InChI is InChI=1S/C10H13N3O6S/c1-20(18,19)8-4-2-3-6(9(8)13(16)17)12-5-7(14)10(11)15/h2-4,7,12,14H,5H2,1H3,(H2,11,15). The fourth-order valence-corrected chi connectivity index (χ4v) is 2.32. The molecule has 0 spiro atoms. The van der Waals surface area contributed by atoms with Gasteiger partial charge in [-0.3, -0.25) is 14.9 Å². The highest BCUT2D eigenvalue weighted by atomic mass is 32.2. The normalized spacial score (nSPS) is 12.7. The van der Waals surface area contributed by atoms with Crippen molar-refractivity contribution in [2.75, 3.05) is 18.1 Å². The number of nitro benzene ring substituents is 1. The van der Waals surface area contributed by atoms with Crippen molar-refractivity contribution < 1.29 is 23.2 Å². The lowest BCUT2D eigenvalue weighted by molar-refractivity contribution is -0.386. The van der Waals surface area contributed by atoms with Gasteiger partial charge in [0.2, 0.25) is 5.91 Å². The van der Waals surface area contributed by atoms with E-state index in [1.807, 2.05) is 0 Å². The third-order valence-electron chi connectivity index (χ3n) is 2.40. The molecule has 0 aliphatic carbocycles. The maximum Gasteiger partial charge on any atom is 0.310 e. The number of carbonyl (C=O) groups is 1. The Morgan fingerprint density at radius 2 is 2.15 bits per heavy atom. The first kappa shape index (κ1) is 15.9. The molecule has 20 heavy (non-hydrogen) atoms. The summed E-state index contributed by atoms with van der Waals surface area (Å²) in [5.74, 6) is -1.00. The van der Waals surface area contributed by atoms with E-state index in [2.05, 4.69) is 5.32 Å². The smallest absolute Gasteiger partial charge is 0.310 e. The molecular weight excluding hydrogens is 290 g/mol.